The number of allylic oxidation sites excluding steroid dienone is 4. The van der Waals surface area contributed by atoms with E-state index in [1.165, 1.54) is 12.0 Å². The largest absolute Gasteiger partial charge is 0.505 e. The lowest BCUT2D eigenvalue weighted by Gasteiger charge is -2.05. The van der Waals surface area contributed by atoms with E-state index in [-0.39, 0.29) is 0 Å². The van der Waals surface area contributed by atoms with Crippen LogP contribution in [0.15, 0.2) is 36.6 Å². The molecule has 0 heterocycles. The fourth-order valence-electron chi connectivity index (χ4n) is 1.22. The summed E-state index contributed by atoms with van der Waals surface area (Å²) < 4.78 is 4.82. The van der Waals surface area contributed by atoms with E-state index < -0.39 is 0 Å². The third kappa shape index (κ3) is 6.53. The maximum absolute atomic E-state index is 4.82. The van der Waals surface area contributed by atoms with Crippen molar-refractivity contribution >= 4 is 0 Å². The van der Waals surface area contributed by atoms with Crippen LogP contribution in [0.2, 0.25) is 0 Å². The molecule has 0 spiro atoms. The van der Waals surface area contributed by atoms with Crippen LogP contribution in [0.3, 0.4) is 0 Å². The van der Waals surface area contributed by atoms with E-state index in [4.69, 9.17) is 4.74 Å². The van der Waals surface area contributed by atoms with Crippen LogP contribution in [0, 0.1) is 5.92 Å². The van der Waals surface area contributed by atoms with Crippen molar-refractivity contribution < 1.29 is 4.74 Å². The van der Waals surface area contributed by atoms with Crippen LogP contribution < -0.4 is 0 Å². The predicted octanol–water partition coefficient (Wildman–Crippen LogP) is 4.09. The Labute approximate surface area is 88.2 Å². The number of ether oxygens (including phenoxy) is 1. The third-order valence-corrected chi connectivity index (χ3v) is 2.09. The Bertz CT molecular complexity index is 199. The zero-order valence-corrected chi connectivity index (χ0v) is 9.62. The van der Waals surface area contributed by atoms with Gasteiger partial charge in [-0.3, -0.25) is 0 Å². The quantitative estimate of drug-likeness (QED) is 0.337. The van der Waals surface area contributed by atoms with E-state index in [1.807, 2.05) is 6.08 Å². The van der Waals surface area contributed by atoms with Gasteiger partial charge in [-0.05, 0) is 31.3 Å². The molecule has 80 valence electrons. The zero-order chi connectivity index (χ0) is 10.8. The fraction of sp³-hybridized carbons (Fsp3) is 0.538. The van der Waals surface area contributed by atoms with Gasteiger partial charge in [0.2, 0.25) is 0 Å². The van der Waals surface area contributed by atoms with Gasteiger partial charge in [-0.25, -0.2) is 0 Å². The van der Waals surface area contributed by atoms with E-state index in [9.17, 15) is 0 Å². The van der Waals surface area contributed by atoms with Crippen molar-refractivity contribution in [2.45, 2.75) is 33.1 Å². The molecule has 0 saturated carbocycles. The van der Waals surface area contributed by atoms with Gasteiger partial charge in [0.15, 0.2) is 0 Å². The lowest BCUT2D eigenvalue weighted by atomic mass is 10.0. The number of rotatable bonds is 7. The topological polar surface area (TPSA) is 9.23 Å². The maximum atomic E-state index is 4.82. The van der Waals surface area contributed by atoms with Crippen LogP contribution in [0.1, 0.15) is 33.1 Å². The predicted molar refractivity (Wildman–Crippen MR) is 63.1 cm³/mol. The van der Waals surface area contributed by atoms with Gasteiger partial charge in [0.05, 0.1) is 13.4 Å². The molecular formula is C13H22O. The molecule has 0 N–H and O–H groups in total. The van der Waals surface area contributed by atoms with Gasteiger partial charge < -0.3 is 4.74 Å². The Morgan fingerprint density at radius 2 is 2.07 bits per heavy atom. The zero-order valence-electron chi connectivity index (χ0n) is 9.62. The fourth-order valence-corrected chi connectivity index (χ4v) is 1.22. The summed E-state index contributed by atoms with van der Waals surface area (Å²) in [6, 6.07) is 0. The van der Waals surface area contributed by atoms with E-state index in [0.29, 0.717) is 5.92 Å². The van der Waals surface area contributed by atoms with Crippen LogP contribution in [-0.4, -0.2) is 7.11 Å². The molecule has 14 heavy (non-hydrogen) atoms. The van der Waals surface area contributed by atoms with Gasteiger partial charge in [-0.1, -0.05) is 38.2 Å². The average Bonchev–Trinajstić information content (AvgIpc) is 2.16. The van der Waals surface area contributed by atoms with Crippen molar-refractivity contribution in [2.75, 3.05) is 7.11 Å². The second-order valence-corrected chi connectivity index (χ2v) is 3.60. The van der Waals surface area contributed by atoms with Crippen LogP contribution >= 0.6 is 0 Å². The van der Waals surface area contributed by atoms with E-state index in [0.717, 1.165) is 12.8 Å². The summed E-state index contributed by atoms with van der Waals surface area (Å²) in [6.07, 6.45) is 11.4. The molecule has 0 aromatic rings. The molecule has 0 fully saturated rings. The summed E-state index contributed by atoms with van der Waals surface area (Å²) in [4.78, 5) is 0. The Morgan fingerprint density at radius 1 is 1.36 bits per heavy atom. The Kier molecular flexibility index (Phi) is 8.01. The van der Waals surface area contributed by atoms with Gasteiger partial charge in [0, 0.05) is 0 Å². The molecule has 0 unspecified atom stereocenters. The second kappa shape index (κ2) is 8.61. The van der Waals surface area contributed by atoms with Gasteiger partial charge in [-0.15, -0.1) is 0 Å². The third-order valence-electron chi connectivity index (χ3n) is 2.09. The smallest absolute Gasteiger partial charge is 0.0784 e. The second-order valence-electron chi connectivity index (χ2n) is 3.60. The van der Waals surface area contributed by atoms with Crippen molar-refractivity contribution in [2.24, 2.45) is 5.92 Å². The monoisotopic (exact) mass is 194 g/mol. The summed E-state index contributed by atoms with van der Waals surface area (Å²) in [5.41, 5.74) is 1.35. The number of methoxy groups -OCH3 is 1. The first-order valence-corrected chi connectivity index (χ1v) is 5.22. The molecular weight excluding hydrogens is 172 g/mol. The van der Waals surface area contributed by atoms with Crippen molar-refractivity contribution in [3.8, 4) is 0 Å². The van der Waals surface area contributed by atoms with Crippen molar-refractivity contribution in [3.05, 3.63) is 36.6 Å². The van der Waals surface area contributed by atoms with Crippen LogP contribution in [0.5, 0.6) is 0 Å². The normalized spacial score (nSPS) is 12.4. The molecule has 0 atom stereocenters. The molecule has 0 aromatic heterocycles. The Hall–Kier alpha value is -0.980. The maximum Gasteiger partial charge on any atom is 0.0784 e. The van der Waals surface area contributed by atoms with Crippen LogP contribution in [0.25, 0.3) is 0 Å². The molecule has 0 aliphatic rings. The van der Waals surface area contributed by atoms with Gasteiger partial charge in [0.1, 0.15) is 0 Å². The first-order valence-electron chi connectivity index (χ1n) is 5.22. The standard InChI is InChI=1S/C13H22O/c1-5-13(12(2)3)10-8-6-7-9-11-14-4/h5,9-12H,1,6-8H2,2-4H3. The minimum Gasteiger partial charge on any atom is -0.505 e. The number of hydrogen-bond acceptors (Lipinski definition) is 1. The Morgan fingerprint density at radius 3 is 2.57 bits per heavy atom. The average molecular weight is 194 g/mol. The molecule has 0 saturated heterocycles. The molecule has 0 aromatic carbocycles. The minimum absolute atomic E-state index is 0.585. The highest BCUT2D eigenvalue weighted by atomic mass is 16.5. The summed E-state index contributed by atoms with van der Waals surface area (Å²) in [7, 11) is 1.67. The highest BCUT2D eigenvalue weighted by Gasteiger charge is 1.96. The van der Waals surface area contributed by atoms with Crippen molar-refractivity contribution in [3.63, 3.8) is 0 Å². The molecule has 0 bridgehead atoms. The van der Waals surface area contributed by atoms with Crippen molar-refractivity contribution in [1.29, 1.82) is 0 Å². The molecule has 0 rings (SSSR count). The molecule has 0 aliphatic heterocycles. The van der Waals surface area contributed by atoms with E-state index >= 15 is 0 Å². The molecule has 0 aliphatic carbocycles. The highest BCUT2D eigenvalue weighted by molar-refractivity contribution is 5.17. The lowest BCUT2D eigenvalue weighted by Crippen LogP contribution is -1.89. The van der Waals surface area contributed by atoms with Gasteiger partial charge in [-0.2, -0.15) is 0 Å². The molecule has 0 amide bonds. The molecule has 1 heteroatoms. The SMILES string of the molecule is C=CC(=CCCCC=COC)C(C)C. The van der Waals surface area contributed by atoms with E-state index in [2.05, 4.69) is 32.6 Å². The van der Waals surface area contributed by atoms with Gasteiger partial charge >= 0.3 is 0 Å². The highest BCUT2D eigenvalue weighted by Crippen LogP contribution is 2.12. The summed E-state index contributed by atoms with van der Waals surface area (Å²) in [6.45, 7) is 8.19. The Balaban J connectivity index is 3.68. The number of unbranched alkanes of at least 4 members (excludes halogenated alkanes) is 2. The summed E-state index contributed by atoms with van der Waals surface area (Å²) in [5, 5.41) is 0. The van der Waals surface area contributed by atoms with Crippen LogP contribution in [0.4, 0.5) is 0 Å². The van der Waals surface area contributed by atoms with Crippen molar-refractivity contribution in [1.82, 2.24) is 0 Å². The van der Waals surface area contributed by atoms with E-state index in [1.54, 1.807) is 13.4 Å². The molecule has 0 radical (unpaired) electrons. The summed E-state index contributed by atoms with van der Waals surface area (Å²) >= 11 is 0. The summed E-state index contributed by atoms with van der Waals surface area (Å²) in [5.74, 6) is 0.585. The first kappa shape index (κ1) is 13.0. The van der Waals surface area contributed by atoms with Crippen LogP contribution in [-0.2, 0) is 4.74 Å². The van der Waals surface area contributed by atoms with Gasteiger partial charge in [0.25, 0.3) is 0 Å². The first-order chi connectivity index (χ1) is 6.72. The lowest BCUT2D eigenvalue weighted by molar-refractivity contribution is 0.336. The molecule has 1 nitrogen and oxygen atoms in total. The number of hydrogen-bond donors (Lipinski definition) is 0. The minimum atomic E-state index is 0.585.